The fraction of sp³-hybridized carbons (Fsp3) is 0.308. The number of aryl methyl sites for hydroxylation is 2. The maximum absolute atomic E-state index is 6.04. The monoisotopic (exact) mass is 320 g/mol. The molecule has 0 amide bonds. The van der Waals surface area contributed by atoms with Gasteiger partial charge in [-0.3, -0.25) is 4.68 Å². The van der Waals surface area contributed by atoms with Crippen molar-refractivity contribution in [1.29, 1.82) is 0 Å². The number of rotatable bonds is 4. The lowest BCUT2D eigenvalue weighted by Gasteiger charge is -2.17. The lowest BCUT2D eigenvalue weighted by Crippen LogP contribution is -2.15. The van der Waals surface area contributed by atoms with Gasteiger partial charge in [0.15, 0.2) is 0 Å². The van der Waals surface area contributed by atoms with Crippen LogP contribution in [0.4, 0.5) is 10.8 Å². The van der Waals surface area contributed by atoms with Crippen molar-refractivity contribution in [1.82, 2.24) is 19.1 Å². The van der Waals surface area contributed by atoms with Crippen LogP contribution in [0.2, 0.25) is 0 Å². The molecule has 0 saturated carbocycles. The Bertz CT molecular complexity index is 756. The molecule has 0 aliphatic rings. The lowest BCUT2D eigenvalue weighted by atomic mass is 10.2. The molecule has 0 aliphatic carbocycles. The van der Waals surface area contributed by atoms with E-state index in [4.69, 9.17) is 5.73 Å². The number of aromatic nitrogens is 4. The summed E-state index contributed by atoms with van der Waals surface area (Å²) in [5, 5.41) is 8.27. The van der Waals surface area contributed by atoms with Gasteiger partial charge in [0.1, 0.15) is 10.8 Å². The first kappa shape index (κ1) is 14.0. The quantitative estimate of drug-likeness (QED) is 0.799. The van der Waals surface area contributed by atoms with Crippen LogP contribution in [-0.4, -0.2) is 26.2 Å². The first-order chi connectivity index (χ1) is 10.0. The molecule has 110 valence electrons. The summed E-state index contributed by atoms with van der Waals surface area (Å²) < 4.78 is 6.09. The van der Waals surface area contributed by atoms with E-state index < -0.39 is 0 Å². The summed E-state index contributed by atoms with van der Waals surface area (Å²) in [5.74, 6) is 0.540. The van der Waals surface area contributed by atoms with Crippen molar-refractivity contribution in [2.24, 2.45) is 7.05 Å². The van der Waals surface area contributed by atoms with Crippen LogP contribution < -0.4 is 10.6 Å². The second-order valence-electron chi connectivity index (χ2n) is 4.88. The number of hydrogen-bond donors (Lipinski definition) is 1. The summed E-state index contributed by atoms with van der Waals surface area (Å²) in [4.78, 5) is 6.66. The van der Waals surface area contributed by atoms with Gasteiger partial charge in [-0.15, -0.1) is 11.3 Å². The summed E-state index contributed by atoms with van der Waals surface area (Å²) >= 11 is 3.02. The lowest BCUT2D eigenvalue weighted by molar-refractivity contribution is 0.766. The Morgan fingerprint density at radius 1 is 1.43 bits per heavy atom. The average molecular weight is 320 g/mol. The molecular formula is C13H16N6S2. The first-order valence-corrected chi connectivity index (χ1v) is 8.06. The van der Waals surface area contributed by atoms with Gasteiger partial charge in [-0.1, -0.05) is 0 Å². The SMILES string of the molecule is Cc1nc(-c2c(N)nsc2N(C)Cc2cnn(C)c2)cs1. The van der Waals surface area contributed by atoms with Gasteiger partial charge >= 0.3 is 0 Å². The topological polar surface area (TPSA) is 72.9 Å². The van der Waals surface area contributed by atoms with E-state index in [0.717, 1.165) is 33.4 Å². The van der Waals surface area contributed by atoms with Crippen molar-refractivity contribution in [2.45, 2.75) is 13.5 Å². The molecule has 0 saturated heterocycles. The second-order valence-corrected chi connectivity index (χ2v) is 6.69. The molecule has 2 N–H and O–H groups in total. The molecule has 0 bridgehead atoms. The Morgan fingerprint density at radius 2 is 2.24 bits per heavy atom. The third-order valence-electron chi connectivity index (χ3n) is 3.10. The van der Waals surface area contributed by atoms with Gasteiger partial charge in [-0.05, 0) is 18.5 Å². The molecule has 0 atom stereocenters. The zero-order chi connectivity index (χ0) is 15.0. The van der Waals surface area contributed by atoms with Crippen LogP contribution in [0.5, 0.6) is 0 Å². The Labute approximate surface area is 131 Å². The van der Waals surface area contributed by atoms with E-state index in [9.17, 15) is 0 Å². The molecule has 0 fully saturated rings. The highest BCUT2D eigenvalue weighted by Crippen LogP contribution is 2.39. The van der Waals surface area contributed by atoms with Crippen LogP contribution in [0.3, 0.4) is 0 Å². The van der Waals surface area contributed by atoms with Crippen molar-refractivity contribution in [3.8, 4) is 11.3 Å². The van der Waals surface area contributed by atoms with Gasteiger partial charge in [0.2, 0.25) is 0 Å². The number of nitrogens with zero attached hydrogens (tertiary/aromatic N) is 5. The van der Waals surface area contributed by atoms with Crippen molar-refractivity contribution in [3.63, 3.8) is 0 Å². The molecule has 3 rings (SSSR count). The first-order valence-electron chi connectivity index (χ1n) is 6.41. The fourth-order valence-corrected chi connectivity index (χ4v) is 3.56. The molecule has 3 heterocycles. The van der Waals surface area contributed by atoms with Crippen molar-refractivity contribution in [2.75, 3.05) is 17.7 Å². The smallest absolute Gasteiger partial charge is 0.148 e. The number of hydrogen-bond acceptors (Lipinski definition) is 7. The molecule has 0 unspecified atom stereocenters. The molecule has 8 heteroatoms. The number of thiazole rings is 1. The standard InChI is InChI=1S/C13H16N6S2/c1-8-16-10(7-20-8)11-12(14)17-21-13(11)18(2)5-9-4-15-19(3)6-9/h4,6-7H,5H2,1-3H3,(H2,14,17). The maximum Gasteiger partial charge on any atom is 0.148 e. The highest BCUT2D eigenvalue weighted by atomic mass is 32.1. The normalized spacial score (nSPS) is 11.0. The van der Waals surface area contributed by atoms with Crippen LogP contribution in [0, 0.1) is 6.92 Å². The van der Waals surface area contributed by atoms with Crippen LogP contribution in [0.25, 0.3) is 11.3 Å². The van der Waals surface area contributed by atoms with E-state index in [0.29, 0.717) is 5.82 Å². The third kappa shape index (κ3) is 2.77. The zero-order valence-corrected chi connectivity index (χ0v) is 13.7. The second kappa shape index (κ2) is 5.45. The molecule has 3 aromatic rings. The maximum atomic E-state index is 6.04. The molecular weight excluding hydrogens is 304 g/mol. The summed E-state index contributed by atoms with van der Waals surface area (Å²) in [6.07, 6.45) is 3.88. The molecule has 6 nitrogen and oxygen atoms in total. The molecule has 0 radical (unpaired) electrons. The predicted octanol–water partition coefficient (Wildman–Crippen LogP) is 2.53. The number of nitrogens with two attached hydrogens (primary N) is 1. The van der Waals surface area contributed by atoms with E-state index >= 15 is 0 Å². The highest BCUT2D eigenvalue weighted by Gasteiger charge is 2.19. The van der Waals surface area contributed by atoms with Gasteiger partial charge in [-0.2, -0.15) is 9.47 Å². The number of nitrogen functional groups attached to an aromatic ring is 1. The summed E-state index contributed by atoms with van der Waals surface area (Å²) in [7, 11) is 3.94. The van der Waals surface area contributed by atoms with E-state index in [1.54, 1.807) is 16.0 Å². The molecule has 3 aromatic heterocycles. The largest absolute Gasteiger partial charge is 0.382 e. The molecule has 0 spiro atoms. The highest BCUT2D eigenvalue weighted by molar-refractivity contribution is 7.11. The molecule has 0 aliphatic heterocycles. The average Bonchev–Trinajstić information content (AvgIpc) is 3.11. The summed E-state index contributed by atoms with van der Waals surface area (Å²) in [5.41, 5.74) is 9.01. The van der Waals surface area contributed by atoms with Crippen LogP contribution in [-0.2, 0) is 13.6 Å². The van der Waals surface area contributed by atoms with Crippen molar-refractivity contribution >= 4 is 33.7 Å². The van der Waals surface area contributed by atoms with E-state index in [1.807, 2.05) is 38.8 Å². The van der Waals surface area contributed by atoms with Gasteiger partial charge < -0.3 is 10.6 Å². The van der Waals surface area contributed by atoms with E-state index in [1.165, 1.54) is 11.5 Å². The Hall–Kier alpha value is -1.93. The van der Waals surface area contributed by atoms with Crippen molar-refractivity contribution < 1.29 is 0 Å². The molecule has 0 aromatic carbocycles. The van der Waals surface area contributed by atoms with Gasteiger partial charge in [0.05, 0.1) is 22.5 Å². The minimum absolute atomic E-state index is 0.540. The number of anilines is 2. The van der Waals surface area contributed by atoms with Crippen LogP contribution >= 0.6 is 22.9 Å². The van der Waals surface area contributed by atoms with Crippen LogP contribution in [0.15, 0.2) is 17.8 Å². The zero-order valence-electron chi connectivity index (χ0n) is 12.1. The van der Waals surface area contributed by atoms with Gasteiger partial charge in [-0.25, -0.2) is 4.98 Å². The van der Waals surface area contributed by atoms with Gasteiger partial charge in [0, 0.05) is 37.8 Å². The Kier molecular flexibility index (Phi) is 3.64. The van der Waals surface area contributed by atoms with E-state index in [2.05, 4.69) is 19.4 Å². The third-order valence-corrected chi connectivity index (χ3v) is 4.85. The Balaban J connectivity index is 1.92. The minimum atomic E-state index is 0.540. The Morgan fingerprint density at radius 3 is 2.86 bits per heavy atom. The van der Waals surface area contributed by atoms with Crippen LogP contribution in [0.1, 0.15) is 10.6 Å². The summed E-state index contributed by atoms with van der Waals surface area (Å²) in [6.45, 7) is 2.74. The summed E-state index contributed by atoms with van der Waals surface area (Å²) in [6, 6.07) is 0. The van der Waals surface area contributed by atoms with Crippen molar-refractivity contribution in [3.05, 3.63) is 28.3 Å². The van der Waals surface area contributed by atoms with Gasteiger partial charge in [0.25, 0.3) is 0 Å². The fourth-order valence-electron chi connectivity index (χ4n) is 2.17. The molecule has 21 heavy (non-hydrogen) atoms. The minimum Gasteiger partial charge on any atom is -0.382 e. The predicted molar refractivity (Wildman–Crippen MR) is 87.7 cm³/mol. The van der Waals surface area contributed by atoms with E-state index in [-0.39, 0.29) is 0 Å².